The van der Waals surface area contributed by atoms with Gasteiger partial charge in [-0.25, -0.2) is 0 Å². The van der Waals surface area contributed by atoms with E-state index in [2.05, 4.69) is 21.2 Å². The van der Waals surface area contributed by atoms with Crippen LogP contribution in [0.2, 0.25) is 0 Å². The van der Waals surface area contributed by atoms with Gasteiger partial charge in [0.15, 0.2) is 6.10 Å². The number of carbonyl (C=O) groups excluding carboxylic acids is 3. The van der Waals surface area contributed by atoms with Crippen molar-refractivity contribution in [2.24, 2.45) is 5.92 Å². The molecule has 2 aliphatic heterocycles. The molecular formula is C22H22BrN3O4. The minimum Gasteiger partial charge on any atom is -0.477 e. The van der Waals surface area contributed by atoms with Crippen LogP contribution >= 0.6 is 15.9 Å². The summed E-state index contributed by atoms with van der Waals surface area (Å²) in [6.45, 7) is 2.38. The standard InChI is InChI=1S/C22H22BrN3O4/c1-13-9-15(7-8-16(13)23)25-11-14(10-20(25)27)22(29)26-12-19(21(28)24-2)30-18-6-4-3-5-17(18)26/h3-9,14,19H,10-12H2,1-2H3,(H,24,28). The molecule has 7 nitrogen and oxygen atoms in total. The molecule has 1 N–H and O–H groups in total. The average Bonchev–Trinajstić information content (AvgIpc) is 3.15. The van der Waals surface area contributed by atoms with Crippen molar-refractivity contribution in [1.29, 1.82) is 0 Å². The number of fused-ring (bicyclic) bond motifs is 1. The Bertz CT molecular complexity index is 1030. The second kappa shape index (κ2) is 8.10. The number of para-hydroxylation sites is 2. The number of amides is 3. The fourth-order valence-electron chi connectivity index (χ4n) is 3.88. The van der Waals surface area contributed by atoms with E-state index in [9.17, 15) is 14.4 Å². The number of ether oxygens (including phenoxy) is 1. The Labute approximate surface area is 183 Å². The topological polar surface area (TPSA) is 79.0 Å². The summed E-state index contributed by atoms with van der Waals surface area (Å²) < 4.78 is 6.74. The average molecular weight is 472 g/mol. The van der Waals surface area contributed by atoms with E-state index in [1.54, 1.807) is 28.0 Å². The molecule has 0 saturated carbocycles. The third-order valence-electron chi connectivity index (χ3n) is 5.51. The highest BCUT2D eigenvalue weighted by Crippen LogP contribution is 2.36. The van der Waals surface area contributed by atoms with Gasteiger partial charge >= 0.3 is 0 Å². The molecule has 8 heteroatoms. The van der Waals surface area contributed by atoms with Crippen LogP contribution in [-0.4, -0.2) is 44.0 Å². The van der Waals surface area contributed by atoms with Gasteiger partial charge in [-0.1, -0.05) is 28.1 Å². The van der Waals surface area contributed by atoms with Crippen molar-refractivity contribution in [2.75, 3.05) is 29.9 Å². The lowest BCUT2D eigenvalue weighted by Crippen LogP contribution is -2.51. The molecule has 2 atom stereocenters. The molecule has 0 bridgehead atoms. The smallest absolute Gasteiger partial charge is 0.262 e. The van der Waals surface area contributed by atoms with E-state index in [1.165, 1.54) is 7.05 Å². The van der Waals surface area contributed by atoms with E-state index in [-0.39, 0.29) is 30.7 Å². The molecule has 0 aliphatic carbocycles. The Morgan fingerprint density at radius 2 is 1.93 bits per heavy atom. The summed E-state index contributed by atoms with van der Waals surface area (Å²) in [5, 5.41) is 2.57. The lowest BCUT2D eigenvalue weighted by molar-refractivity contribution is -0.128. The second-order valence-electron chi connectivity index (χ2n) is 7.48. The lowest BCUT2D eigenvalue weighted by Gasteiger charge is -2.35. The van der Waals surface area contributed by atoms with Gasteiger partial charge in [0.1, 0.15) is 5.75 Å². The summed E-state index contributed by atoms with van der Waals surface area (Å²) in [6, 6.07) is 12.8. The highest BCUT2D eigenvalue weighted by molar-refractivity contribution is 9.10. The van der Waals surface area contributed by atoms with Gasteiger partial charge in [0.05, 0.1) is 18.2 Å². The third kappa shape index (κ3) is 3.67. The number of carbonyl (C=O) groups is 3. The maximum atomic E-state index is 13.4. The van der Waals surface area contributed by atoms with Crippen molar-refractivity contribution in [3.8, 4) is 5.75 Å². The predicted octanol–water partition coefficient (Wildman–Crippen LogP) is 2.65. The molecule has 2 unspecified atom stereocenters. The summed E-state index contributed by atoms with van der Waals surface area (Å²) in [5.74, 6) is -0.561. The highest BCUT2D eigenvalue weighted by Gasteiger charge is 2.41. The van der Waals surface area contributed by atoms with Crippen molar-refractivity contribution in [1.82, 2.24) is 5.32 Å². The third-order valence-corrected chi connectivity index (χ3v) is 6.40. The Kier molecular flexibility index (Phi) is 5.51. The minimum atomic E-state index is -0.795. The molecule has 2 aromatic rings. The van der Waals surface area contributed by atoms with Crippen LogP contribution in [0.5, 0.6) is 5.75 Å². The minimum absolute atomic E-state index is 0.0838. The first-order valence-electron chi connectivity index (χ1n) is 9.74. The van der Waals surface area contributed by atoms with Crippen LogP contribution in [0.3, 0.4) is 0 Å². The molecule has 156 valence electrons. The summed E-state index contributed by atoms with van der Waals surface area (Å²) in [6.07, 6.45) is -0.658. The molecule has 30 heavy (non-hydrogen) atoms. The predicted molar refractivity (Wildman–Crippen MR) is 117 cm³/mol. The van der Waals surface area contributed by atoms with Crippen LogP contribution in [0.1, 0.15) is 12.0 Å². The zero-order chi connectivity index (χ0) is 21.4. The Hall–Kier alpha value is -2.87. The first kappa shape index (κ1) is 20.4. The Morgan fingerprint density at radius 3 is 2.67 bits per heavy atom. The van der Waals surface area contributed by atoms with Crippen molar-refractivity contribution in [2.45, 2.75) is 19.4 Å². The summed E-state index contributed by atoms with van der Waals surface area (Å²) in [5.41, 5.74) is 2.42. The molecule has 3 amide bonds. The molecule has 0 aromatic heterocycles. The number of hydrogen-bond donors (Lipinski definition) is 1. The number of aryl methyl sites for hydroxylation is 1. The zero-order valence-corrected chi connectivity index (χ0v) is 18.3. The number of halogens is 1. The van der Waals surface area contributed by atoms with Gasteiger partial charge in [-0.05, 0) is 42.8 Å². The van der Waals surface area contributed by atoms with E-state index in [1.807, 2.05) is 31.2 Å². The highest BCUT2D eigenvalue weighted by atomic mass is 79.9. The van der Waals surface area contributed by atoms with Gasteiger partial charge in [-0.15, -0.1) is 0 Å². The first-order chi connectivity index (χ1) is 14.4. The number of rotatable bonds is 3. The van der Waals surface area contributed by atoms with E-state index >= 15 is 0 Å². The van der Waals surface area contributed by atoms with Crippen LogP contribution in [-0.2, 0) is 14.4 Å². The first-order valence-corrected chi connectivity index (χ1v) is 10.5. The summed E-state index contributed by atoms with van der Waals surface area (Å²) >= 11 is 3.47. The Morgan fingerprint density at radius 1 is 1.17 bits per heavy atom. The fraction of sp³-hybridized carbons (Fsp3) is 0.318. The van der Waals surface area contributed by atoms with Crippen LogP contribution in [0.25, 0.3) is 0 Å². The monoisotopic (exact) mass is 471 g/mol. The summed E-state index contributed by atoms with van der Waals surface area (Å²) in [4.78, 5) is 41.5. The Balaban J connectivity index is 1.58. The number of nitrogens with one attached hydrogen (secondary N) is 1. The van der Waals surface area contributed by atoms with Crippen LogP contribution in [0, 0.1) is 12.8 Å². The van der Waals surface area contributed by atoms with E-state index in [4.69, 9.17) is 4.74 Å². The van der Waals surface area contributed by atoms with Crippen LogP contribution in [0.15, 0.2) is 46.9 Å². The largest absolute Gasteiger partial charge is 0.477 e. The van der Waals surface area contributed by atoms with Gasteiger partial charge in [-0.3, -0.25) is 14.4 Å². The number of nitrogens with zero attached hydrogens (tertiary/aromatic N) is 2. The van der Waals surface area contributed by atoms with Crippen LogP contribution < -0.4 is 19.9 Å². The maximum Gasteiger partial charge on any atom is 0.262 e. The maximum absolute atomic E-state index is 13.4. The van der Waals surface area contributed by atoms with E-state index in [0.29, 0.717) is 18.0 Å². The van der Waals surface area contributed by atoms with Crippen molar-refractivity contribution < 1.29 is 19.1 Å². The molecular weight excluding hydrogens is 450 g/mol. The number of likely N-dealkylation sites (N-methyl/N-ethyl adjacent to an activating group) is 1. The lowest BCUT2D eigenvalue weighted by atomic mass is 10.0. The van der Waals surface area contributed by atoms with Gasteiger partial charge in [0.2, 0.25) is 11.8 Å². The number of anilines is 2. The SMILES string of the molecule is CNC(=O)C1CN(C(=O)C2CC(=O)N(c3ccc(Br)c(C)c3)C2)c2ccccc2O1. The number of benzene rings is 2. The van der Waals surface area contributed by atoms with Crippen LogP contribution in [0.4, 0.5) is 11.4 Å². The van der Waals surface area contributed by atoms with Gasteiger partial charge in [0.25, 0.3) is 5.91 Å². The van der Waals surface area contributed by atoms with Crippen molar-refractivity contribution >= 4 is 45.0 Å². The molecule has 0 radical (unpaired) electrons. The zero-order valence-electron chi connectivity index (χ0n) is 16.7. The summed E-state index contributed by atoms with van der Waals surface area (Å²) in [7, 11) is 1.53. The molecule has 1 saturated heterocycles. The molecule has 2 aliphatic rings. The molecule has 0 spiro atoms. The molecule has 2 aromatic carbocycles. The fourth-order valence-corrected chi connectivity index (χ4v) is 4.13. The van der Waals surface area contributed by atoms with E-state index in [0.717, 1.165) is 15.7 Å². The second-order valence-corrected chi connectivity index (χ2v) is 8.33. The van der Waals surface area contributed by atoms with Gasteiger partial charge < -0.3 is 19.9 Å². The molecule has 4 rings (SSSR count). The normalized spacial score (nSPS) is 20.6. The van der Waals surface area contributed by atoms with Crippen molar-refractivity contribution in [3.05, 3.63) is 52.5 Å². The van der Waals surface area contributed by atoms with Crippen molar-refractivity contribution in [3.63, 3.8) is 0 Å². The molecule has 2 heterocycles. The number of hydrogen-bond acceptors (Lipinski definition) is 4. The quantitative estimate of drug-likeness (QED) is 0.745. The van der Waals surface area contributed by atoms with E-state index < -0.39 is 12.0 Å². The van der Waals surface area contributed by atoms with Gasteiger partial charge in [-0.2, -0.15) is 0 Å². The molecule has 1 fully saturated rings. The van der Waals surface area contributed by atoms with Gasteiger partial charge in [0, 0.05) is 30.2 Å².